The number of hydrogen-bond acceptors (Lipinski definition) is 4. The summed E-state index contributed by atoms with van der Waals surface area (Å²) in [7, 11) is -4.01. The number of hydrogen-bond donors (Lipinski definition) is 3. The number of carbonyl (C=O) groups is 1. The molecule has 26 heavy (non-hydrogen) atoms. The third-order valence-corrected chi connectivity index (χ3v) is 5.50. The second-order valence-electron chi connectivity index (χ2n) is 5.73. The van der Waals surface area contributed by atoms with Crippen LogP contribution in [0, 0.1) is 11.3 Å². The van der Waals surface area contributed by atoms with Gasteiger partial charge in [-0.3, -0.25) is 4.79 Å². The number of benzene rings is 1. The molecule has 0 aliphatic heterocycles. The van der Waals surface area contributed by atoms with Gasteiger partial charge >= 0.3 is 5.97 Å². The van der Waals surface area contributed by atoms with Crippen LogP contribution in [0.15, 0.2) is 53.7 Å². The van der Waals surface area contributed by atoms with Gasteiger partial charge in [0.1, 0.15) is 17.8 Å². The predicted molar refractivity (Wildman–Crippen MR) is 93.8 cm³/mol. The maximum atomic E-state index is 12.5. The Morgan fingerprint density at radius 2 is 2.15 bits per heavy atom. The van der Waals surface area contributed by atoms with E-state index < -0.39 is 22.0 Å². The SMILES string of the molecule is N#Cc1cccn1CCC(NS(=O)(=O)c1ccc2cc[nH]c2c1)C(=O)O. The number of aryl methyl sites for hydroxylation is 1. The Labute approximate surface area is 149 Å². The third kappa shape index (κ3) is 3.61. The van der Waals surface area contributed by atoms with Crippen LogP contribution in [0.5, 0.6) is 0 Å². The molecule has 2 aromatic heterocycles. The van der Waals surface area contributed by atoms with Crippen molar-refractivity contribution in [1.82, 2.24) is 14.3 Å². The van der Waals surface area contributed by atoms with Gasteiger partial charge in [-0.15, -0.1) is 0 Å². The molecule has 1 aromatic carbocycles. The van der Waals surface area contributed by atoms with Crippen molar-refractivity contribution < 1.29 is 18.3 Å². The summed E-state index contributed by atoms with van der Waals surface area (Å²) in [5, 5.41) is 19.2. The molecule has 0 bridgehead atoms. The fourth-order valence-electron chi connectivity index (χ4n) is 2.66. The molecule has 2 heterocycles. The summed E-state index contributed by atoms with van der Waals surface area (Å²) < 4.78 is 28.9. The lowest BCUT2D eigenvalue weighted by Crippen LogP contribution is -2.41. The molecule has 0 saturated carbocycles. The molecule has 134 valence electrons. The lowest BCUT2D eigenvalue weighted by Gasteiger charge is -2.15. The molecule has 3 N–H and O–H groups in total. The minimum atomic E-state index is -4.01. The van der Waals surface area contributed by atoms with E-state index in [0.717, 1.165) is 5.39 Å². The lowest BCUT2D eigenvalue weighted by molar-refractivity contribution is -0.139. The second kappa shape index (κ2) is 7.03. The van der Waals surface area contributed by atoms with E-state index in [0.29, 0.717) is 11.2 Å². The average Bonchev–Trinajstić information content (AvgIpc) is 3.25. The Balaban J connectivity index is 1.78. The maximum Gasteiger partial charge on any atom is 0.321 e. The molecule has 0 aliphatic carbocycles. The molecule has 8 nitrogen and oxygen atoms in total. The summed E-state index contributed by atoms with van der Waals surface area (Å²) in [6, 6.07) is 10.3. The predicted octanol–water partition coefficient (Wildman–Crippen LogP) is 1.66. The molecular formula is C17H16N4O4S. The van der Waals surface area contributed by atoms with E-state index in [2.05, 4.69) is 9.71 Å². The highest BCUT2D eigenvalue weighted by Gasteiger charge is 2.25. The first-order chi connectivity index (χ1) is 12.4. The summed E-state index contributed by atoms with van der Waals surface area (Å²) in [5.74, 6) is -1.28. The van der Waals surface area contributed by atoms with Crippen molar-refractivity contribution in [2.75, 3.05) is 0 Å². The zero-order chi connectivity index (χ0) is 18.7. The number of carboxylic acid groups (broad SMARTS) is 1. The Morgan fingerprint density at radius 3 is 2.88 bits per heavy atom. The van der Waals surface area contributed by atoms with Crippen molar-refractivity contribution in [3.63, 3.8) is 0 Å². The van der Waals surface area contributed by atoms with E-state index in [-0.39, 0.29) is 17.9 Å². The van der Waals surface area contributed by atoms with Gasteiger partial charge in [0.15, 0.2) is 0 Å². The van der Waals surface area contributed by atoms with Gasteiger partial charge in [-0.2, -0.15) is 9.98 Å². The zero-order valence-corrected chi connectivity index (χ0v) is 14.4. The normalized spacial score (nSPS) is 12.7. The number of fused-ring (bicyclic) bond motifs is 1. The number of aromatic nitrogens is 2. The van der Waals surface area contributed by atoms with Crippen molar-refractivity contribution in [2.24, 2.45) is 0 Å². The van der Waals surface area contributed by atoms with E-state index in [9.17, 15) is 18.3 Å². The molecule has 0 fully saturated rings. The number of nitrogens with zero attached hydrogens (tertiary/aromatic N) is 2. The lowest BCUT2D eigenvalue weighted by atomic mass is 10.2. The summed E-state index contributed by atoms with van der Waals surface area (Å²) in [4.78, 5) is 14.4. The van der Waals surface area contributed by atoms with Gasteiger partial charge in [-0.1, -0.05) is 6.07 Å². The first-order valence-corrected chi connectivity index (χ1v) is 9.26. The molecule has 0 amide bonds. The number of nitriles is 1. The van der Waals surface area contributed by atoms with Crippen molar-refractivity contribution in [1.29, 1.82) is 5.26 Å². The number of sulfonamides is 1. The van der Waals surface area contributed by atoms with Crippen LogP contribution >= 0.6 is 0 Å². The van der Waals surface area contributed by atoms with Crippen molar-refractivity contribution in [3.05, 3.63) is 54.5 Å². The third-order valence-electron chi connectivity index (χ3n) is 4.04. The van der Waals surface area contributed by atoms with Gasteiger partial charge in [-0.25, -0.2) is 8.42 Å². The van der Waals surface area contributed by atoms with Crippen LogP contribution in [0.3, 0.4) is 0 Å². The zero-order valence-electron chi connectivity index (χ0n) is 13.6. The highest BCUT2D eigenvalue weighted by atomic mass is 32.2. The first-order valence-electron chi connectivity index (χ1n) is 7.78. The molecule has 0 saturated heterocycles. The first kappa shape index (κ1) is 17.7. The number of carboxylic acids is 1. The van der Waals surface area contributed by atoms with Gasteiger partial charge < -0.3 is 14.7 Å². The monoisotopic (exact) mass is 372 g/mol. The molecule has 0 aliphatic rings. The van der Waals surface area contributed by atoms with Crippen molar-refractivity contribution in [2.45, 2.75) is 23.9 Å². The second-order valence-corrected chi connectivity index (χ2v) is 7.44. The van der Waals surface area contributed by atoms with Crippen LogP contribution in [-0.2, 0) is 21.4 Å². The minimum Gasteiger partial charge on any atom is -0.480 e. The van der Waals surface area contributed by atoms with Crippen LogP contribution in [-0.4, -0.2) is 35.1 Å². The molecule has 3 aromatic rings. The van der Waals surface area contributed by atoms with Crippen molar-refractivity contribution in [3.8, 4) is 6.07 Å². The highest BCUT2D eigenvalue weighted by molar-refractivity contribution is 7.89. The molecule has 9 heteroatoms. The summed E-state index contributed by atoms with van der Waals surface area (Å²) >= 11 is 0. The van der Waals surface area contributed by atoms with Crippen LogP contribution in [0.2, 0.25) is 0 Å². The van der Waals surface area contributed by atoms with E-state index >= 15 is 0 Å². The van der Waals surface area contributed by atoms with Gasteiger partial charge in [0, 0.05) is 24.5 Å². The Hall–Kier alpha value is -3.09. The topological polar surface area (TPSA) is 128 Å². The Kier molecular flexibility index (Phi) is 4.79. The Bertz CT molecular complexity index is 1090. The minimum absolute atomic E-state index is 0.00265. The van der Waals surface area contributed by atoms with Gasteiger partial charge in [0.05, 0.1) is 4.90 Å². The fourth-order valence-corrected chi connectivity index (χ4v) is 3.91. The molecule has 1 unspecified atom stereocenters. The number of aliphatic carboxylic acids is 1. The fraction of sp³-hybridized carbons (Fsp3) is 0.176. The molecule has 0 radical (unpaired) electrons. The largest absolute Gasteiger partial charge is 0.480 e. The van der Waals surface area contributed by atoms with Crippen LogP contribution in [0.4, 0.5) is 0 Å². The van der Waals surface area contributed by atoms with Gasteiger partial charge in [0.25, 0.3) is 0 Å². The van der Waals surface area contributed by atoms with Crippen LogP contribution in [0.1, 0.15) is 12.1 Å². The number of aromatic amines is 1. The Morgan fingerprint density at radius 1 is 1.35 bits per heavy atom. The standard InChI is InChI=1S/C17H16N4O4S/c18-11-13-2-1-8-21(13)9-6-15(17(22)23)20-26(24,25)14-4-3-12-5-7-19-16(12)10-14/h1-5,7-8,10,15,19-20H,6,9H2,(H,22,23). The maximum absolute atomic E-state index is 12.5. The van der Waals surface area contributed by atoms with E-state index in [4.69, 9.17) is 5.26 Å². The number of nitrogens with one attached hydrogen (secondary N) is 2. The van der Waals surface area contributed by atoms with Gasteiger partial charge in [-0.05, 0) is 42.1 Å². The van der Waals surface area contributed by atoms with Crippen LogP contribution in [0.25, 0.3) is 10.9 Å². The van der Waals surface area contributed by atoms with E-state index in [1.807, 2.05) is 12.1 Å². The summed E-state index contributed by atoms with van der Waals surface area (Å²) in [6.07, 6.45) is 3.34. The smallest absolute Gasteiger partial charge is 0.321 e. The van der Waals surface area contributed by atoms with E-state index in [1.165, 1.54) is 12.1 Å². The molecule has 3 rings (SSSR count). The van der Waals surface area contributed by atoms with Crippen LogP contribution < -0.4 is 4.72 Å². The summed E-state index contributed by atoms with van der Waals surface area (Å²) in [5.41, 5.74) is 1.03. The highest BCUT2D eigenvalue weighted by Crippen LogP contribution is 2.18. The van der Waals surface area contributed by atoms with Crippen molar-refractivity contribution >= 4 is 26.9 Å². The quantitative estimate of drug-likeness (QED) is 0.581. The molecular weight excluding hydrogens is 356 g/mol. The number of H-pyrrole nitrogens is 1. The van der Waals surface area contributed by atoms with Gasteiger partial charge in [0.2, 0.25) is 10.0 Å². The van der Waals surface area contributed by atoms with E-state index in [1.54, 1.807) is 35.2 Å². The number of rotatable bonds is 7. The molecule has 0 spiro atoms. The summed E-state index contributed by atoms with van der Waals surface area (Å²) in [6.45, 7) is 0.199. The molecule has 1 atom stereocenters. The average molecular weight is 372 g/mol.